The van der Waals surface area contributed by atoms with Gasteiger partial charge in [0.2, 0.25) is 10.1 Å². The summed E-state index contributed by atoms with van der Waals surface area (Å²) in [6.45, 7) is 10.1. The number of anilines is 1. The smallest absolute Gasteiger partial charge is 0.282 e. The number of hydrogen-bond acceptors (Lipinski definition) is 6. The Morgan fingerprint density at radius 1 is 1.26 bits per heavy atom. The van der Waals surface area contributed by atoms with Crippen molar-refractivity contribution in [3.8, 4) is 0 Å². The van der Waals surface area contributed by atoms with E-state index in [-0.39, 0.29) is 5.91 Å². The molecular weight excluding hydrogens is 262 g/mol. The molecule has 0 bridgehead atoms. The van der Waals surface area contributed by atoms with Crippen molar-refractivity contribution in [2.75, 3.05) is 25.5 Å². The Kier molecular flexibility index (Phi) is 6.17. The first kappa shape index (κ1) is 15.8. The molecule has 1 amide bonds. The zero-order valence-corrected chi connectivity index (χ0v) is 13.0. The standard InChI is InChI=1S/C12H23N5OS/c1-8(2)17(9(3)4)7-6-14-10(18)11-15-16-12(13-5)19-11/h8-9H,6-7H2,1-5H3,(H,13,16)(H,14,18). The lowest BCUT2D eigenvalue weighted by Gasteiger charge is -2.30. The second-order valence-corrected chi connectivity index (χ2v) is 5.82. The monoisotopic (exact) mass is 285 g/mol. The van der Waals surface area contributed by atoms with Crippen molar-refractivity contribution >= 4 is 22.4 Å². The molecular formula is C12H23N5OS. The van der Waals surface area contributed by atoms with Crippen LogP contribution in [0.5, 0.6) is 0 Å². The van der Waals surface area contributed by atoms with Crippen LogP contribution in [0.15, 0.2) is 0 Å². The topological polar surface area (TPSA) is 70.1 Å². The van der Waals surface area contributed by atoms with E-state index in [0.717, 1.165) is 6.54 Å². The molecule has 0 spiro atoms. The third kappa shape index (κ3) is 4.76. The van der Waals surface area contributed by atoms with Crippen LogP contribution < -0.4 is 10.6 Å². The quantitative estimate of drug-likeness (QED) is 0.793. The molecule has 0 aromatic carbocycles. The summed E-state index contributed by atoms with van der Waals surface area (Å²) in [5.41, 5.74) is 0. The van der Waals surface area contributed by atoms with Crippen molar-refractivity contribution in [2.24, 2.45) is 0 Å². The second kappa shape index (κ2) is 7.40. The molecule has 0 radical (unpaired) electrons. The molecule has 0 aliphatic rings. The first-order chi connectivity index (χ1) is 8.95. The van der Waals surface area contributed by atoms with Crippen molar-refractivity contribution in [3.63, 3.8) is 0 Å². The van der Waals surface area contributed by atoms with Gasteiger partial charge in [0.05, 0.1) is 0 Å². The van der Waals surface area contributed by atoms with Crippen molar-refractivity contribution in [2.45, 2.75) is 39.8 Å². The number of nitrogens with one attached hydrogen (secondary N) is 2. The van der Waals surface area contributed by atoms with E-state index >= 15 is 0 Å². The minimum atomic E-state index is -0.161. The van der Waals surface area contributed by atoms with E-state index in [1.165, 1.54) is 11.3 Å². The SMILES string of the molecule is CNc1nnc(C(=O)NCCN(C(C)C)C(C)C)s1. The highest BCUT2D eigenvalue weighted by Gasteiger charge is 2.15. The molecule has 0 fully saturated rings. The van der Waals surface area contributed by atoms with E-state index in [4.69, 9.17) is 0 Å². The summed E-state index contributed by atoms with van der Waals surface area (Å²) in [5.74, 6) is -0.161. The van der Waals surface area contributed by atoms with Crippen LogP contribution in [-0.2, 0) is 0 Å². The normalized spacial score (nSPS) is 11.4. The summed E-state index contributed by atoms with van der Waals surface area (Å²) >= 11 is 1.25. The van der Waals surface area contributed by atoms with Gasteiger partial charge in [-0.3, -0.25) is 9.69 Å². The van der Waals surface area contributed by atoms with Crippen molar-refractivity contribution in [1.29, 1.82) is 0 Å². The third-order valence-electron chi connectivity index (χ3n) is 2.82. The maximum atomic E-state index is 11.8. The van der Waals surface area contributed by atoms with Gasteiger partial charge in [-0.25, -0.2) is 0 Å². The maximum absolute atomic E-state index is 11.8. The fourth-order valence-electron chi connectivity index (χ4n) is 1.90. The highest BCUT2D eigenvalue weighted by molar-refractivity contribution is 7.17. The largest absolute Gasteiger partial charge is 0.363 e. The van der Waals surface area contributed by atoms with Crippen molar-refractivity contribution in [3.05, 3.63) is 5.01 Å². The highest BCUT2D eigenvalue weighted by Crippen LogP contribution is 2.13. The Hall–Kier alpha value is -1.21. The Labute approximate surface area is 118 Å². The van der Waals surface area contributed by atoms with Crippen LogP contribution in [0.2, 0.25) is 0 Å². The minimum Gasteiger partial charge on any atom is -0.363 e. The fraction of sp³-hybridized carbons (Fsp3) is 0.750. The molecule has 1 aromatic heterocycles. The fourth-order valence-corrected chi connectivity index (χ4v) is 2.52. The average Bonchev–Trinajstić information content (AvgIpc) is 2.82. The molecule has 0 saturated heterocycles. The molecule has 19 heavy (non-hydrogen) atoms. The van der Waals surface area contributed by atoms with Gasteiger partial charge in [0.15, 0.2) is 0 Å². The number of carbonyl (C=O) groups is 1. The predicted molar refractivity (Wildman–Crippen MR) is 78.8 cm³/mol. The van der Waals surface area contributed by atoms with Gasteiger partial charge in [-0.1, -0.05) is 11.3 Å². The molecule has 7 heteroatoms. The summed E-state index contributed by atoms with van der Waals surface area (Å²) in [7, 11) is 1.76. The molecule has 2 N–H and O–H groups in total. The molecule has 6 nitrogen and oxygen atoms in total. The van der Waals surface area contributed by atoms with Crippen LogP contribution in [0.25, 0.3) is 0 Å². The number of rotatable bonds is 7. The van der Waals surface area contributed by atoms with Crippen LogP contribution in [0.4, 0.5) is 5.13 Å². The zero-order chi connectivity index (χ0) is 14.4. The number of hydrogen-bond donors (Lipinski definition) is 2. The van der Waals surface area contributed by atoms with Crippen LogP contribution >= 0.6 is 11.3 Å². The maximum Gasteiger partial charge on any atom is 0.282 e. The highest BCUT2D eigenvalue weighted by atomic mass is 32.1. The lowest BCUT2D eigenvalue weighted by molar-refractivity contribution is 0.0938. The first-order valence-corrected chi connectivity index (χ1v) is 7.32. The average molecular weight is 285 g/mol. The van der Waals surface area contributed by atoms with Crippen LogP contribution in [-0.4, -0.2) is 53.2 Å². The van der Waals surface area contributed by atoms with Crippen LogP contribution in [0.1, 0.15) is 37.5 Å². The molecule has 0 saturated carbocycles. The van der Waals surface area contributed by atoms with Gasteiger partial charge in [0.25, 0.3) is 5.91 Å². The lowest BCUT2D eigenvalue weighted by atomic mass is 10.2. The van der Waals surface area contributed by atoms with Gasteiger partial charge in [-0.05, 0) is 27.7 Å². The number of amides is 1. The van der Waals surface area contributed by atoms with Gasteiger partial charge in [-0.15, -0.1) is 10.2 Å². The number of nitrogens with zero attached hydrogens (tertiary/aromatic N) is 3. The minimum absolute atomic E-state index is 0.161. The van der Waals surface area contributed by atoms with Crippen LogP contribution in [0.3, 0.4) is 0 Å². The summed E-state index contributed by atoms with van der Waals surface area (Å²) in [6, 6.07) is 0.934. The Bertz CT molecular complexity index is 397. The Morgan fingerprint density at radius 3 is 2.37 bits per heavy atom. The third-order valence-corrected chi connectivity index (χ3v) is 3.75. The van der Waals surface area contributed by atoms with E-state index in [1.807, 2.05) is 0 Å². The molecule has 0 atom stereocenters. The number of carbonyl (C=O) groups excluding carboxylic acids is 1. The summed E-state index contributed by atoms with van der Waals surface area (Å²) < 4.78 is 0. The molecule has 108 valence electrons. The van der Waals surface area contributed by atoms with Crippen molar-refractivity contribution < 1.29 is 4.79 Å². The molecule has 0 unspecified atom stereocenters. The molecule has 1 aromatic rings. The molecule has 1 rings (SSSR count). The molecule has 1 heterocycles. The van der Waals surface area contributed by atoms with Gasteiger partial charge in [0, 0.05) is 32.2 Å². The Morgan fingerprint density at radius 2 is 1.89 bits per heavy atom. The summed E-state index contributed by atoms with van der Waals surface area (Å²) in [5, 5.41) is 14.5. The summed E-state index contributed by atoms with van der Waals surface area (Å²) in [4.78, 5) is 14.2. The van der Waals surface area contributed by atoms with Crippen LogP contribution in [0, 0.1) is 0 Å². The van der Waals surface area contributed by atoms with Gasteiger partial charge in [0.1, 0.15) is 0 Å². The van der Waals surface area contributed by atoms with Gasteiger partial charge in [-0.2, -0.15) is 0 Å². The van der Waals surface area contributed by atoms with Gasteiger partial charge < -0.3 is 10.6 Å². The van der Waals surface area contributed by atoms with E-state index in [1.54, 1.807) is 7.05 Å². The van der Waals surface area contributed by atoms with E-state index in [0.29, 0.717) is 28.8 Å². The molecule has 0 aliphatic heterocycles. The van der Waals surface area contributed by atoms with E-state index < -0.39 is 0 Å². The Balaban J connectivity index is 2.42. The van der Waals surface area contributed by atoms with Crippen molar-refractivity contribution in [1.82, 2.24) is 20.4 Å². The van der Waals surface area contributed by atoms with E-state index in [2.05, 4.69) is 53.4 Å². The van der Waals surface area contributed by atoms with E-state index in [9.17, 15) is 4.79 Å². The first-order valence-electron chi connectivity index (χ1n) is 6.51. The molecule has 0 aliphatic carbocycles. The number of aromatic nitrogens is 2. The summed E-state index contributed by atoms with van der Waals surface area (Å²) in [6.07, 6.45) is 0. The second-order valence-electron chi connectivity index (χ2n) is 4.84. The predicted octanol–water partition coefficient (Wildman–Crippen LogP) is 1.43. The van der Waals surface area contributed by atoms with Gasteiger partial charge >= 0.3 is 0 Å². The lowest BCUT2D eigenvalue weighted by Crippen LogP contribution is -2.42. The zero-order valence-electron chi connectivity index (χ0n) is 12.2.